The van der Waals surface area contributed by atoms with Gasteiger partial charge in [0.05, 0.1) is 10.4 Å². The number of rotatable bonds is 3. The van der Waals surface area contributed by atoms with Crippen LogP contribution in [0.4, 0.5) is 17.3 Å². The van der Waals surface area contributed by atoms with E-state index in [1.54, 1.807) is 0 Å². The van der Waals surface area contributed by atoms with Crippen molar-refractivity contribution in [2.45, 2.75) is 13.8 Å². The summed E-state index contributed by atoms with van der Waals surface area (Å²) in [6.45, 7) is 6.69. The van der Waals surface area contributed by atoms with Crippen LogP contribution in [0.15, 0.2) is 30.6 Å². The number of hydrogen-bond acceptors (Lipinski definition) is 7. The molecule has 8 nitrogen and oxygen atoms in total. The molecule has 3 heterocycles. The SMILES string of the molecule is Cc1cc(N2CCN(c3ncnc(Cl)c3[N+](=O)[O-])CC2)nc2c(C)cccc12. The largest absolute Gasteiger partial charge is 0.353 e. The number of nitro groups is 1. The highest BCUT2D eigenvalue weighted by molar-refractivity contribution is 6.31. The maximum absolute atomic E-state index is 11.4. The number of piperazine rings is 1. The van der Waals surface area contributed by atoms with Crippen LogP contribution in [0, 0.1) is 24.0 Å². The van der Waals surface area contributed by atoms with Crippen LogP contribution >= 0.6 is 11.6 Å². The topological polar surface area (TPSA) is 88.3 Å². The summed E-state index contributed by atoms with van der Waals surface area (Å²) in [6, 6.07) is 8.30. The van der Waals surface area contributed by atoms with Crippen LogP contribution in [-0.2, 0) is 0 Å². The van der Waals surface area contributed by atoms with Crippen molar-refractivity contribution in [1.29, 1.82) is 0 Å². The number of hydrogen-bond donors (Lipinski definition) is 0. The van der Waals surface area contributed by atoms with Crippen LogP contribution in [0.3, 0.4) is 0 Å². The molecule has 1 aliphatic rings. The third-order valence-electron chi connectivity index (χ3n) is 5.08. The first-order valence-corrected chi connectivity index (χ1v) is 9.35. The van der Waals surface area contributed by atoms with Crippen molar-refractivity contribution < 1.29 is 4.92 Å². The van der Waals surface area contributed by atoms with Crippen molar-refractivity contribution >= 4 is 39.8 Å². The number of nitrogens with zero attached hydrogens (tertiary/aromatic N) is 6. The van der Waals surface area contributed by atoms with Crippen molar-refractivity contribution in [2.75, 3.05) is 36.0 Å². The van der Waals surface area contributed by atoms with Gasteiger partial charge in [-0.1, -0.05) is 29.8 Å². The number of halogens is 1. The molecule has 28 heavy (non-hydrogen) atoms. The molecule has 2 aromatic heterocycles. The van der Waals surface area contributed by atoms with Crippen LogP contribution in [-0.4, -0.2) is 46.1 Å². The Balaban J connectivity index is 1.59. The summed E-state index contributed by atoms with van der Waals surface area (Å²) in [5, 5.41) is 12.4. The highest BCUT2D eigenvalue weighted by Crippen LogP contribution is 2.32. The number of fused-ring (bicyclic) bond motifs is 1. The van der Waals surface area contributed by atoms with E-state index in [2.05, 4.69) is 46.9 Å². The fourth-order valence-electron chi connectivity index (χ4n) is 3.59. The highest BCUT2D eigenvalue weighted by Gasteiger charge is 2.29. The molecule has 0 amide bonds. The molecule has 3 aromatic rings. The minimum Gasteiger partial charge on any atom is -0.353 e. The molecular weight excluding hydrogens is 380 g/mol. The Morgan fingerprint density at radius 3 is 2.50 bits per heavy atom. The first-order valence-electron chi connectivity index (χ1n) is 8.97. The van der Waals surface area contributed by atoms with Gasteiger partial charge in [0.2, 0.25) is 11.0 Å². The summed E-state index contributed by atoms with van der Waals surface area (Å²) in [4.78, 5) is 27.6. The molecule has 0 radical (unpaired) electrons. The molecule has 0 unspecified atom stereocenters. The lowest BCUT2D eigenvalue weighted by Gasteiger charge is -2.36. The normalized spacial score (nSPS) is 14.5. The van der Waals surface area contributed by atoms with E-state index in [0.717, 1.165) is 22.3 Å². The van der Waals surface area contributed by atoms with Gasteiger partial charge < -0.3 is 9.80 Å². The summed E-state index contributed by atoms with van der Waals surface area (Å²) >= 11 is 5.92. The van der Waals surface area contributed by atoms with Gasteiger partial charge in [-0.25, -0.2) is 15.0 Å². The van der Waals surface area contributed by atoms with Gasteiger partial charge in [0, 0.05) is 31.6 Å². The van der Waals surface area contributed by atoms with Crippen LogP contribution in [0.25, 0.3) is 10.9 Å². The zero-order chi connectivity index (χ0) is 19.8. The summed E-state index contributed by atoms with van der Waals surface area (Å²) in [7, 11) is 0. The third kappa shape index (κ3) is 3.20. The minimum absolute atomic E-state index is 0.139. The molecule has 4 rings (SSSR count). The van der Waals surface area contributed by atoms with Crippen molar-refractivity contribution in [3.05, 3.63) is 57.0 Å². The monoisotopic (exact) mass is 398 g/mol. The van der Waals surface area contributed by atoms with Gasteiger partial charge in [-0.3, -0.25) is 10.1 Å². The summed E-state index contributed by atoms with van der Waals surface area (Å²) in [6.07, 6.45) is 1.26. The Kier molecular flexibility index (Phi) is 4.72. The lowest BCUT2D eigenvalue weighted by Crippen LogP contribution is -2.47. The summed E-state index contributed by atoms with van der Waals surface area (Å²) in [5.41, 5.74) is 3.10. The van der Waals surface area contributed by atoms with Crippen molar-refractivity contribution in [3.63, 3.8) is 0 Å². The Bertz CT molecular complexity index is 1070. The Labute approximate surface area is 166 Å². The summed E-state index contributed by atoms with van der Waals surface area (Å²) in [5.74, 6) is 1.19. The van der Waals surface area contributed by atoms with E-state index >= 15 is 0 Å². The number of para-hydroxylation sites is 1. The van der Waals surface area contributed by atoms with E-state index in [1.807, 2.05) is 11.0 Å². The maximum Gasteiger partial charge on any atom is 0.348 e. The molecular formula is C19H19ClN6O2. The Morgan fingerprint density at radius 1 is 1.07 bits per heavy atom. The standard InChI is InChI=1S/C19H19ClN6O2/c1-12-4-3-5-14-13(2)10-15(23-16(12)14)24-6-8-25(9-7-24)19-17(26(27)28)18(20)21-11-22-19/h3-5,10-11H,6-9H2,1-2H3. The molecule has 0 N–H and O–H groups in total. The van der Waals surface area contributed by atoms with E-state index in [9.17, 15) is 10.1 Å². The molecule has 0 aliphatic carbocycles. The first kappa shape index (κ1) is 18.4. The Hall–Kier alpha value is -3.00. The maximum atomic E-state index is 11.4. The van der Waals surface area contributed by atoms with E-state index in [0.29, 0.717) is 26.2 Å². The average molecular weight is 399 g/mol. The molecule has 9 heteroatoms. The number of aromatic nitrogens is 3. The van der Waals surface area contributed by atoms with Crippen molar-refractivity contribution in [3.8, 4) is 0 Å². The van der Waals surface area contributed by atoms with Crippen LogP contribution < -0.4 is 9.80 Å². The van der Waals surface area contributed by atoms with E-state index in [1.165, 1.54) is 11.9 Å². The Morgan fingerprint density at radius 2 is 1.79 bits per heavy atom. The molecule has 1 aliphatic heterocycles. The van der Waals surface area contributed by atoms with Gasteiger partial charge in [0.25, 0.3) is 0 Å². The van der Waals surface area contributed by atoms with Gasteiger partial charge in [-0.15, -0.1) is 0 Å². The van der Waals surface area contributed by atoms with Crippen molar-refractivity contribution in [2.24, 2.45) is 0 Å². The lowest BCUT2D eigenvalue weighted by atomic mass is 10.1. The number of benzene rings is 1. The fraction of sp³-hybridized carbons (Fsp3) is 0.316. The lowest BCUT2D eigenvalue weighted by molar-refractivity contribution is -0.384. The van der Waals surface area contributed by atoms with E-state index in [4.69, 9.17) is 16.6 Å². The van der Waals surface area contributed by atoms with E-state index < -0.39 is 4.92 Å². The van der Waals surface area contributed by atoms with Crippen LogP contribution in [0.2, 0.25) is 5.15 Å². The number of aryl methyl sites for hydroxylation is 2. The number of pyridine rings is 1. The van der Waals surface area contributed by atoms with Gasteiger partial charge in [0.15, 0.2) is 0 Å². The van der Waals surface area contributed by atoms with Gasteiger partial charge in [-0.05, 0) is 31.0 Å². The molecule has 0 atom stereocenters. The number of anilines is 2. The van der Waals surface area contributed by atoms with Gasteiger partial charge >= 0.3 is 5.69 Å². The first-order chi connectivity index (χ1) is 13.5. The molecule has 0 bridgehead atoms. The molecule has 144 valence electrons. The van der Waals surface area contributed by atoms with Gasteiger partial charge in [-0.2, -0.15) is 0 Å². The third-order valence-corrected chi connectivity index (χ3v) is 5.36. The van der Waals surface area contributed by atoms with Crippen molar-refractivity contribution in [1.82, 2.24) is 15.0 Å². The van der Waals surface area contributed by atoms with Crippen LogP contribution in [0.1, 0.15) is 11.1 Å². The van der Waals surface area contributed by atoms with Gasteiger partial charge in [0.1, 0.15) is 12.1 Å². The zero-order valence-electron chi connectivity index (χ0n) is 15.6. The fourth-order valence-corrected chi connectivity index (χ4v) is 3.79. The zero-order valence-corrected chi connectivity index (χ0v) is 16.3. The average Bonchev–Trinajstić information content (AvgIpc) is 2.68. The second-order valence-corrected chi connectivity index (χ2v) is 7.19. The molecule has 1 fully saturated rings. The second kappa shape index (κ2) is 7.20. The minimum atomic E-state index is -0.527. The molecule has 0 saturated carbocycles. The predicted molar refractivity (Wildman–Crippen MR) is 109 cm³/mol. The summed E-state index contributed by atoms with van der Waals surface area (Å²) < 4.78 is 0. The quantitative estimate of drug-likeness (QED) is 0.378. The molecule has 0 spiro atoms. The van der Waals surface area contributed by atoms with Crippen LogP contribution in [0.5, 0.6) is 0 Å². The predicted octanol–water partition coefficient (Wildman–Crippen LogP) is 3.53. The molecule has 1 aromatic carbocycles. The highest BCUT2D eigenvalue weighted by atomic mass is 35.5. The smallest absolute Gasteiger partial charge is 0.348 e. The second-order valence-electron chi connectivity index (χ2n) is 6.84. The molecule has 1 saturated heterocycles. The van der Waals surface area contributed by atoms with E-state index in [-0.39, 0.29) is 16.7 Å².